The molecule has 1 N–H and O–H groups in total. The van der Waals surface area contributed by atoms with Gasteiger partial charge in [0, 0.05) is 19.1 Å². The van der Waals surface area contributed by atoms with E-state index in [1.54, 1.807) is 0 Å². The van der Waals surface area contributed by atoms with E-state index in [2.05, 4.69) is 18.7 Å². The summed E-state index contributed by atoms with van der Waals surface area (Å²) in [4.78, 5) is 14.2. The molecule has 0 aromatic rings. The molecule has 2 fully saturated rings. The van der Waals surface area contributed by atoms with E-state index in [9.17, 15) is 9.90 Å². The number of hydrogen-bond acceptors (Lipinski definition) is 2. The second-order valence-corrected chi connectivity index (χ2v) is 6.70. The smallest absolute Gasteiger partial charge is 0.310 e. The Morgan fingerprint density at radius 3 is 2.33 bits per heavy atom. The van der Waals surface area contributed by atoms with Crippen LogP contribution in [0.2, 0.25) is 0 Å². The highest BCUT2D eigenvalue weighted by Gasteiger charge is 2.43. The second-order valence-electron chi connectivity index (χ2n) is 6.70. The van der Waals surface area contributed by atoms with Crippen molar-refractivity contribution >= 4 is 5.97 Å². The largest absolute Gasteiger partial charge is 0.481 e. The molecule has 0 aromatic heterocycles. The summed E-state index contributed by atoms with van der Waals surface area (Å²) >= 11 is 0. The Hall–Kier alpha value is -0.570. The van der Waals surface area contributed by atoms with E-state index in [4.69, 9.17) is 0 Å². The fourth-order valence-electron chi connectivity index (χ4n) is 3.31. The van der Waals surface area contributed by atoms with Gasteiger partial charge in [0.25, 0.3) is 0 Å². The van der Waals surface area contributed by atoms with Crippen molar-refractivity contribution in [2.75, 3.05) is 13.1 Å². The molecule has 2 aliphatic rings. The summed E-state index contributed by atoms with van der Waals surface area (Å²) in [5.41, 5.74) is -0.449. The maximum absolute atomic E-state index is 11.7. The summed E-state index contributed by atoms with van der Waals surface area (Å²) in [5, 5.41) is 9.65. The molecular weight excluding hydrogens is 226 g/mol. The van der Waals surface area contributed by atoms with Crippen molar-refractivity contribution in [1.29, 1.82) is 0 Å². The lowest BCUT2D eigenvalue weighted by Crippen LogP contribution is -2.46. The van der Waals surface area contributed by atoms with Crippen LogP contribution < -0.4 is 0 Å². The summed E-state index contributed by atoms with van der Waals surface area (Å²) < 4.78 is 0. The van der Waals surface area contributed by atoms with E-state index in [1.807, 2.05) is 0 Å². The van der Waals surface area contributed by atoms with E-state index in [1.165, 1.54) is 19.3 Å². The summed E-state index contributed by atoms with van der Waals surface area (Å²) in [6.07, 6.45) is 7.68. The molecule has 0 spiro atoms. The lowest BCUT2D eigenvalue weighted by molar-refractivity contribution is -0.152. The number of aliphatic carboxylic acids is 1. The monoisotopic (exact) mass is 253 g/mol. The number of hydrogen-bond donors (Lipinski definition) is 1. The molecule has 0 atom stereocenters. The average molecular weight is 253 g/mol. The zero-order chi connectivity index (χ0) is 13.2. The third-order valence-corrected chi connectivity index (χ3v) is 4.43. The summed E-state index contributed by atoms with van der Waals surface area (Å²) in [5.74, 6) is 0.0663. The molecule has 2 saturated carbocycles. The van der Waals surface area contributed by atoms with Gasteiger partial charge in [-0.1, -0.05) is 33.1 Å². The van der Waals surface area contributed by atoms with Crippen LogP contribution in [0.1, 0.15) is 58.8 Å². The highest BCUT2D eigenvalue weighted by atomic mass is 16.4. The molecule has 18 heavy (non-hydrogen) atoms. The SMILES string of the molecule is CC(C)CN(CC1(C(=O)O)CCCCC1)C1CC1. The van der Waals surface area contributed by atoms with E-state index >= 15 is 0 Å². The number of carbonyl (C=O) groups is 1. The molecule has 2 aliphatic carbocycles. The van der Waals surface area contributed by atoms with Gasteiger partial charge in [-0.2, -0.15) is 0 Å². The first-order valence-electron chi connectivity index (χ1n) is 7.51. The molecule has 2 rings (SSSR count). The average Bonchev–Trinajstić information content (AvgIpc) is 3.12. The Morgan fingerprint density at radius 2 is 1.89 bits per heavy atom. The minimum Gasteiger partial charge on any atom is -0.481 e. The zero-order valence-electron chi connectivity index (χ0n) is 11.8. The molecule has 104 valence electrons. The van der Waals surface area contributed by atoms with Crippen LogP contribution in [0, 0.1) is 11.3 Å². The van der Waals surface area contributed by atoms with Crippen LogP contribution in [-0.4, -0.2) is 35.1 Å². The minimum absolute atomic E-state index is 0.449. The van der Waals surface area contributed by atoms with Crippen molar-refractivity contribution in [1.82, 2.24) is 4.90 Å². The second kappa shape index (κ2) is 5.60. The van der Waals surface area contributed by atoms with Crippen molar-refractivity contribution in [3.05, 3.63) is 0 Å². The maximum Gasteiger partial charge on any atom is 0.310 e. The van der Waals surface area contributed by atoms with Gasteiger partial charge in [-0.25, -0.2) is 0 Å². The van der Waals surface area contributed by atoms with Gasteiger partial charge in [-0.15, -0.1) is 0 Å². The molecule has 0 saturated heterocycles. The predicted octanol–water partition coefficient (Wildman–Crippen LogP) is 3.14. The fraction of sp³-hybridized carbons (Fsp3) is 0.933. The van der Waals surface area contributed by atoms with Gasteiger partial charge in [0.05, 0.1) is 5.41 Å². The molecule has 0 bridgehead atoms. The minimum atomic E-state index is -0.559. The van der Waals surface area contributed by atoms with Gasteiger partial charge < -0.3 is 5.11 Å². The molecule has 0 aliphatic heterocycles. The van der Waals surface area contributed by atoms with Crippen molar-refractivity contribution in [3.8, 4) is 0 Å². The molecular formula is C15H27NO2. The van der Waals surface area contributed by atoms with Crippen molar-refractivity contribution < 1.29 is 9.90 Å². The molecule has 0 radical (unpaired) electrons. The van der Waals surface area contributed by atoms with E-state index < -0.39 is 11.4 Å². The Morgan fingerprint density at radius 1 is 1.28 bits per heavy atom. The van der Waals surface area contributed by atoms with E-state index in [0.717, 1.165) is 38.8 Å². The molecule has 0 aromatic carbocycles. The normalized spacial score (nSPS) is 23.6. The fourth-order valence-corrected chi connectivity index (χ4v) is 3.31. The number of nitrogens with zero attached hydrogens (tertiary/aromatic N) is 1. The van der Waals surface area contributed by atoms with Gasteiger partial charge in [0.1, 0.15) is 0 Å². The van der Waals surface area contributed by atoms with Crippen LogP contribution in [-0.2, 0) is 4.79 Å². The maximum atomic E-state index is 11.7. The molecule has 0 amide bonds. The van der Waals surface area contributed by atoms with Gasteiger partial charge in [0.2, 0.25) is 0 Å². The lowest BCUT2D eigenvalue weighted by Gasteiger charge is -2.38. The van der Waals surface area contributed by atoms with Crippen LogP contribution in [0.3, 0.4) is 0 Å². The Bertz CT molecular complexity index is 291. The van der Waals surface area contributed by atoms with Crippen molar-refractivity contribution in [2.45, 2.75) is 64.8 Å². The van der Waals surface area contributed by atoms with Gasteiger partial charge in [-0.05, 0) is 31.6 Å². The standard InChI is InChI=1S/C15H27NO2/c1-12(2)10-16(13-6-7-13)11-15(14(17)18)8-4-3-5-9-15/h12-13H,3-11H2,1-2H3,(H,17,18). The van der Waals surface area contributed by atoms with Crippen molar-refractivity contribution in [2.24, 2.45) is 11.3 Å². The molecule has 0 heterocycles. The third-order valence-electron chi connectivity index (χ3n) is 4.43. The first kappa shape index (κ1) is 13.9. The van der Waals surface area contributed by atoms with Crippen molar-refractivity contribution in [3.63, 3.8) is 0 Å². The van der Waals surface area contributed by atoms with Gasteiger partial charge in [0.15, 0.2) is 0 Å². The summed E-state index contributed by atoms with van der Waals surface area (Å²) in [6.45, 7) is 6.29. The van der Waals surface area contributed by atoms with Gasteiger partial charge >= 0.3 is 5.97 Å². The van der Waals surface area contributed by atoms with Crippen LogP contribution >= 0.6 is 0 Å². The Balaban J connectivity index is 2.03. The van der Waals surface area contributed by atoms with Crippen LogP contribution in [0.25, 0.3) is 0 Å². The topological polar surface area (TPSA) is 40.5 Å². The Kier molecular flexibility index (Phi) is 4.31. The predicted molar refractivity (Wildman–Crippen MR) is 72.6 cm³/mol. The number of carboxylic acid groups (broad SMARTS) is 1. The van der Waals surface area contributed by atoms with Crippen LogP contribution in [0.4, 0.5) is 0 Å². The summed E-state index contributed by atoms with van der Waals surface area (Å²) in [7, 11) is 0. The molecule has 3 nitrogen and oxygen atoms in total. The van der Waals surface area contributed by atoms with E-state index in [0.29, 0.717) is 12.0 Å². The number of carboxylic acids is 1. The quantitative estimate of drug-likeness (QED) is 0.790. The van der Waals surface area contributed by atoms with Crippen LogP contribution in [0.5, 0.6) is 0 Å². The number of rotatable bonds is 6. The third kappa shape index (κ3) is 3.25. The van der Waals surface area contributed by atoms with Crippen LogP contribution in [0.15, 0.2) is 0 Å². The zero-order valence-corrected chi connectivity index (χ0v) is 11.8. The van der Waals surface area contributed by atoms with E-state index in [-0.39, 0.29) is 0 Å². The van der Waals surface area contributed by atoms with Gasteiger partial charge in [-0.3, -0.25) is 9.69 Å². The first-order chi connectivity index (χ1) is 8.53. The first-order valence-corrected chi connectivity index (χ1v) is 7.51. The highest BCUT2D eigenvalue weighted by molar-refractivity contribution is 5.75. The molecule has 0 unspecified atom stereocenters. The summed E-state index contributed by atoms with van der Waals surface area (Å²) in [6, 6.07) is 0.672. The molecule has 3 heteroatoms. The highest BCUT2D eigenvalue weighted by Crippen LogP contribution is 2.40. The Labute approximate surface area is 111 Å². The lowest BCUT2D eigenvalue weighted by atomic mass is 9.73.